The molecule has 1 aromatic heterocycles. The molecule has 2 N–H and O–H groups in total. The minimum Gasteiger partial charge on any atom is -0.480 e. The summed E-state index contributed by atoms with van der Waals surface area (Å²) in [7, 11) is 0. The summed E-state index contributed by atoms with van der Waals surface area (Å²) in [5.41, 5.74) is 0.646. The minimum atomic E-state index is -4.46. The van der Waals surface area contributed by atoms with Crippen molar-refractivity contribution >= 4 is 23.2 Å². The summed E-state index contributed by atoms with van der Waals surface area (Å²) in [4.78, 5) is 28.0. The number of rotatable bonds is 7. The topological polar surface area (TPSA) is 79.3 Å². The van der Waals surface area contributed by atoms with Crippen LogP contribution in [0.3, 0.4) is 0 Å². The number of halogens is 3. The van der Waals surface area contributed by atoms with Crippen LogP contribution in [0.5, 0.6) is 0 Å². The Labute approximate surface area is 174 Å². The summed E-state index contributed by atoms with van der Waals surface area (Å²) in [5.74, 6) is -1.69. The van der Waals surface area contributed by atoms with Crippen molar-refractivity contribution in [3.63, 3.8) is 0 Å². The molecule has 30 heavy (non-hydrogen) atoms. The van der Waals surface area contributed by atoms with E-state index in [1.807, 2.05) is 6.07 Å². The maximum Gasteiger partial charge on any atom is 0.416 e. The van der Waals surface area contributed by atoms with E-state index < -0.39 is 29.7 Å². The van der Waals surface area contributed by atoms with Crippen LogP contribution in [0.25, 0.3) is 10.6 Å². The van der Waals surface area contributed by atoms with Crippen molar-refractivity contribution in [2.24, 2.45) is 0 Å². The maximum absolute atomic E-state index is 12.9. The average molecular weight is 434 g/mol. The molecule has 0 spiro atoms. The molecule has 3 aromatic rings. The number of carbonyl (C=O) groups is 2. The Bertz CT molecular complexity index is 1040. The molecule has 0 bridgehead atoms. The van der Waals surface area contributed by atoms with E-state index in [0.717, 1.165) is 29.0 Å². The number of carbonyl (C=O) groups excluding carboxylic acids is 1. The van der Waals surface area contributed by atoms with Crippen LogP contribution in [-0.2, 0) is 28.6 Å². The highest BCUT2D eigenvalue weighted by atomic mass is 32.1. The van der Waals surface area contributed by atoms with Gasteiger partial charge in [-0.25, -0.2) is 9.78 Å². The molecule has 2 aromatic carbocycles. The molecule has 0 aliphatic carbocycles. The molecule has 5 nitrogen and oxygen atoms in total. The number of amides is 1. The second-order valence-electron chi connectivity index (χ2n) is 6.55. The highest BCUT2D eigenvalue weighted by Crippen LogP contribution is 2.33. The zero-order chi connectivity index (χ0) is 21.7. The fourth-order valence-electron chi connectivity index (χ4n) is 2.81. The summed E-state index contributed by atoms with van der Waals surface area (Å²) in [6.45, 7) is 0. The van der Waals surface area contributed by atoms with Gasteiger partial charge in [0.1, 0.15) is 11.0 Å². The van der Waals surface area contributed by atoms with Crippen LogP contribution in [0.15, 0.2) is 60.0 Å². The zero-order valence-corrected chi connectivity index (χ0v) is 16.3. The molecule has 0 aliphatic rings. The predicted molar refractivity (Wildman–Crippen MR) is 106 cm³/mol. The molecule has 0 aliphatic heterocycles. The van der Waals surface area contributed by atoms with E-state index in [1.54, 1.807) is 29.6 Å². The van der Waals surface area contributed by atoms with Crippen molar-refractivity contribution in [2.75, 3.05) is 0 Å². The lowest BCUT2D eigenvalue weighted by molar-refractivity contribution is -0.141. The van der Waals surface area contributed by atoms with Crippen LogP contribution in [-0.4, -0.2) is 28.0 Å². The van der Waals surface area contributed by atoms with Gasteiger partial charge in [-0.1, -0.05) is 42.5 Å². The second-order valence-corrected chi connectivity index (χ2v) is 7.41. The number of nitrogens with zero attached hydrogens (tertiary/aromatic N) is 1. The van der Waals surface area contributed by atoms with Crippen LogP contribution in [0, 0.1) is 0 Å². The molecule has 1 atom stereocenters. The van der Waals surface area contributed by atoms with E-state index >= 15 is 0 Å². The van der Waals surface area contributed by atoms with Gasteiger partial charge in [-0.05, 0) is 17.7 Å². The maximum atomic E-state index is 12.9. The van der Waals surface area contributed by atoms with Gasteiger partial charge in [-0.15, -0.1) is 11.3 Å². The molecule has 9 heteroatoms. The van der Waals surface area contributed by atoms with Crippen LogP contribution in [0.2, 0.25) is 0 Å². The van der Waals surface area contributed by atoms with E-state index in [0.29, 0.717) is 16.3 Å². The Morgan fingerprint density at radius 3 is 2.50 bits per heavy atom. The minimum absolute atomic E-state index is 0.133. The van der Waals surface area contributed by atoms with E-state index in [-0.39, 0.29) is 12.8 Å². The van der Waals surface area contributed by atoms with Crippen LogP contribution in [0.4, 0.5) is 13.2 Å². The van der Waals surface area contributed by atoms with Gasteiger partial charge in [0.15, 0.2) is 0 Å². The van der Waals surface area contributed by atoms with Crippen LogP contribution < -0.4 is 5.32 Å². The van der Waals surface area contributed by atoms with Crippen molar-refractivity contribution < 1.29 is 27.9 Å². The molecule has 3 rings (SSSR count). The average Bonchev–Trinajstić information content (AvgIpc) is 3.16. The first-order valence-electron chi connectivity index (χ1n) is 8.90. The third kappa shape index (κ3) is 5.66. The number of carboxylic acid groups (broad SMARTS) is 1. The van der Waals surface area contributed by atoms with E-state index in [2.05, 4.69) is 10.3 Å². The second kappa shape index (κ2) is 9.08. The molecular formula is C21H17F3N2O3S. The number of hydrogen-bond acceptors (Lipinski definition) is 4. The first-order valence-corrected chi connectivity index (χ1v) is 9.78. The number of thiazole rings is 1. The Morgan fingerprint density at radius 2 is 1.83 bits per heavy atom. The number of hydrogen-bond donors (Lipinski definition) is 2. The van der Waals surface area contributed by atoms with Crippen molar-refractivity contribution in [3.8, 4) is 10.6 Å². The number of nitrogens with one attached hydrogen (secondary N) is 1. The number of aromatic nitrogens is 1. The molecule has 0 saturated carbocycles. The molecule has 1 heterocycles. The largest absolute Gasteiger partial charge is 0.480 e. The van der Waals surface area contributed by atoms with E-state index in [1.165, 1.54) is 12.1 Å². The lowest BCUT2D eigenvalue weighted by Crippen LogP contribution is -2.43. The zero-order valence-electron chi connectivity index (χ0n) is 15.5. The number of alkyl halides is 3. The first-order chi connectivity index (χ1) is 14.2. The lowest BCUT2D eigenvalue weighted by atomic mass is 10.1. The SMILES string of the molecule is O=C(Cc1csc(-c2cccc(C(F)(F)F)c2)n1)N[C@@H](Cc1ccccc1)C(=O)O. The summed E-state index contributed by atoms with van der Waals surface area (Å²) < 4.78 is 38.7. The Hall–Kier alpha value is -3.20. The van der Waals surface area contributed by atoms with Crippen LogP contribution in [0.1, 0.15) is 16.8 Å². The Balaban J connectivity index is 1.66. The third-order valence-corrected chi connectivity index (χ3v) is 5.19. The highest BCUT2D eigenvalue weighted by Gasteiger charge is 2.30. The third-order valence-electron chi connectivity index (χ3n) is 4.25. The van der Waals surface area contributed by atoms with Gasteiger partial charge in [-0.3, -0.25) is 4.79 Å². The van der Waals surface area contributed by atoms with Gasteiger partial charge in [-0.2, -0.15) is 13.2 Å². The smallest absolute Gasteiger partial charge is 0.416 e. The van der Waals surface area contributed by atoms with Crippen molar-refractivity contribution in [3.05, 3.63) is 76.8 Å². The monoisotopic (exact) mass is 434 g/mol. The summed E-state index contributed by atoms with van der Waals surface area (Å²) in [6, 6.07) is 12.6. The van der Waals surface area contributed by atoms with E-state index in [9.17, 15) is 27.9 Å². The van der Waals surface area contributed by atoms with Gasteiger partial charge in [0.05, 0.1) is 17.7 Å². The molecular weight excluding hydrogens is 417 g/mol. The van der Waals surface area contributed by atoms with Gasteiger partial charge >= 0.3 is 12.1 Å². The van der Waals surface area contributed by atoms with E-state index in [4.69, 9.17) is 0 Å². The standard InChI is InChI=1S/C21H17F3N2O3S/c22-21(23,24)15-8-4-7-14(10-15)19-25-16(12-30-19)11-18(27)26-17(20(28)29)9-13-5-2-1-3-6-13/h1-8,10,12,17H,9,11H2,(H,26,27)(H,28,29)/t17-/m0/s1. The number of benzene rings is 2. The summed E-state index contributed by atoms with van der Waals surface area (Å²) in [6.07, 6.45) is -4.50. The predicted octanol–water partition coefficient (Wildman–Crippen LogP) is 4.18. The highest BCUT2D eigenvalue weighted by molar-refractivity contribution is 7.13. The lowest BCUT2D eigenvalue weighted by Gasteiger charge is -2.14. The van der Waals surface area contributed by atoms with Gasteiger partial charge < -0.3 is 10.4 Å². The van der Waals surface area contributed by atoms with Crippen molar-refractivity contribution in [2.45, 2.75) is 25.1 Å². The normalized spacial score (nSPS) is 12.4. The Kier molecular flexibility index (Phi) is 6.51. The van der Waals surface area contributed by atoms with Gasteiger partial charge in [0, 0.05) is 17.4 Å². The fraction of sp³-hybridized carbons (Fsp3) is 0.190. The van der Waals surface area contributed by atoms with Crippen molar-refractivity contribution in [1.29, 1.82) is 0 Å². The molecule has 0 radical (unpaired) electrons. The van der Waals surface area contributed by atoms with Crippen LogP contribution >= 0.6 is 11.3 Å². The first kappa shape index (κ1) is 21.5. The Morgan fingerprint density at radius 1 is 1.10 bits per heavy atom. The van der Waals surface area contributed by atoms with Crippen molar-refractivity contribution in [1.82, 2.24) is 10.3 Å². The summed E-state index contributed by atoms with van der Waals surface area (Å²) in [5, 5.41) is 13.8. The molecule has 0 fully saturated rings. The van der Waals surface area contributed by atoms with Gasteiger partial charge in [0.2, 0.25) is 5.91 Å². The molecule has 0 unspecified atom stereocenters. The summed E-state index contributed by atoms with van der Waals surface area (Å²) >= 11 is 1.12. The quantitative estimate of drug-likeness (QED) is 0.585. The molecule has 156 valence electrons. The number of carboxylic acids is 1. The number of aliphatic carboxylic acids is 1. The fourth-order valence-corrected chi connectivity index (χ4v) is 3.63. The molecule has 0 saturated heterocycles. The molecule has 1 amide bonds. The van der Waals surface area contributed by atoms with Gasteiger partial charge in [0.25, 0.3) is 0 Å².